The van der Waals surface area contributed by atoms with Crippen molar-refractivity contribution < 1.29 is 4.79 Å². The fourth-order valence-corrected chi connectivity index (χ4v) is 6.01. The molecule has 1 fully saturated rings. The number of amides is 1. The number of hydrogen-bond acceptors (Lipinski definition) is 8. The molecule has 10 heteroatoms. The second kappa shape index (κ2) is 10.2. The van der Waals surface area contributed by atoms with Crippen molar-refractivity contribution in [2.24, 2.45) is 0 Å². The van der Waals surface area contributed by atoms with Gasteiger partial charge in [-0.05, 0) is 68.2 Å². The largest absolute Gasteiger partial charge is 0.382 e. The van der Waals surface area contributed by atoms with Crippen LogP contribution in [-0.4, -0.2) is 38.8 Å². The van der Waals surface area contributed by atoms with Gasteiger partial charge in [-0.1, -0.05) is 23.7 Å². The Morgan fingerprint density at radius 3 is 2.79 bits per heavy atom. The van der Waals surface area contributed by atoms with Crippen LogP contribution in [0.4, 0.5) is 23.0 Å². The highest BCUT2D eigenvalue weighted by atomic mass is 35.5. The number of nitrogens with one attached hydrogen (secondary N) is 2. The summed E-state index contributed by atoms with van der Waals surface area (Å²) in [5.41, 5.74) is 10.7. The Bertz CT molecular complexity index is 1680. The van der Waals surface area contributed by atoms with Crippen molar-refractivity contribution in [3.63, 3.8) is 0 Å². The van der Waals surface area contributed by atoms with Crippen molar-refractivity contribution >= 4 is 72.8 Å². The Balaban J connectivity index is 1.31. The van der Waals surface area contributed by atoms with E-state index in [2.05, 4.69) is 36.6 Å². The lowest BCUT2D eigenvalue weighted by molar-refractivity contribution is 0.102. The monoisotopic (exact) mass is 543 g/mol. The summed E-state index contributed by atoms with van der Waals surface area (Å²) in [6, 6.07) is 11.9. The number of aromatic nitrogens is 3. The molecule has 1 aliphatic heterocycles. The van der Waals surface area contributed by atoms with Gasteiger partial charge in [0.25, 0.3) is 5.91 Å². The minimum absolute atomic E-state index is 0.250. The molecular weight excluding hydrogens is 518 g/mol. The van der Waals surface area contributed by atoms with Gasteiger partial charge in [-0.2, -0.15) is 0 Å². The molecule has 192 valence electrons. The summed E-state index contributed by atoms with van der Waals surface area (Å²) in [4.78, 5) is 28.7. The average molecular weight is 544 g/mol. The van der Waals surface area contributed by atoms with E-state index in [0.29, 0.717) is 27.4 Å². The van der Waals surface area contributed by atoms with Gasteiger partial charge in [0.2, 0.25) is 0 Å². The first-order valence-corrected chi connectivity index (χ1v) is 13.7. The number of halogens is 1. The molecule has 38 heavy (non-hydrogen) atoms. The number of nitrogens with zero attached hydrogens (tertiary/aromatic N) is 4. The Hall–Kier alpha value is -3.79. The summed E-state index contributed by atoms with van der Waals surface area (Å²) in [7, 11) is 0. The number of pyridine rings is 1. The van der Waals surface area contributed by atoms with Gasteiger partial charge in [0.05, 0.1) is 21.5 Å². The lowest BCUT2D eigenvalue weighted by Gasteiger charge is -2.17. The second-order valence-corrected chi connectivity index (χ2v) is 10.8. The minimum Gasteiger partial charge on any atom is -0.382 e. The molecular formula is C28H26ClN7OS. The Morgan fingerprint density at radius 1 is 1.11 bits per heavy atom. The van der Waals surface area contributed by atoms with Crippen LogP contribution in [0.25, 0.3) is 21.0 Å². The molecule has 4 heterocycles. The van der Waals surface area contributed by atoms with Crippen LogP contribution in [0.5, 0.6) is 0 Å². The van der Waals surface area contributed by atoms with Gasteiger partial charge in [0.1, 0.15) is 18.0 Å². The van der Waals surface area contributed by atoms with Crippen molar-refractivity contribution in [3.05, 3.63) is 76.0 Å². The van der Waals surface area contributed by atoms with E-state index in [0.717, 1.165) is 57.9 Å². The minimum atomic E-state index is -0.250. The van der Waals surface area contributed by atoms with Crippen LogP contribution in [0.15, 0.2) is 54.3 Å². The highest BCUT2D eigenvalue weighted by Gasteiger charge is 2.19. The number of rotatable bonds is 6. The van der Waals surface area contributed by atoms with Gasteiger partial charge in [0, 0.05) is 39.6 Å². The molecule has 0 atom stereocenters. The Morgan fingerprint density at radius 2 is 1.95 bits per heavy atom. The van der Waals surface area contributed by atoms with E-state index >= 15 is 0 Å². The Labute approximate surface area is 228 Å². The standard InChI is InChI=1S/C28H26ClN7OS/c1-16-4-6-20-19(23(16)35-28(37)21-14-38-25-24(21)32-15-33-26(25)30)8-9-31-27(20)34-18-5-7-22(29)17(12-18)13-36-10-2-3-11-36/h4-9,12,14-15H,2-3,10-11,13H2,1H3,(H,31,34)(H,35,37)(H2,30,32,33). The topological polar surface area (TPSA) is 109 Å². The number of thiophene rings is 1. The zero-order valence-electron chi connectivity index (χ0n) is 20.8. The number of carbonyl (C=O) groups is 1. The number of anilines is 4. The number of nitrogen functional groups attached to an aromatic ring is 1. The first-order chi connectivity index (χ1) is 18.5. The number of carbonyl (C=O) groups excluding carboxylic acids is 1. The molecule has 6 rings (SSSR count). The number of nitrogens with two attached hydrogens (primary N) is 1. The number of hydrogen-bond donors (Lipinski definition) is 3. The normalized spacial score (nSPS) is 13.8. The number of benzene rings is 2. The van der Waals surface area contributed by atoms with Gasteiger partial charge in [-0.15, -0.1) is 11.3 Å². The molecule has 0 saturated carbocycles. The number of aryl methyl sites for hydroxylation is 1. The van der Waals surface area contributed by atoms with E-state index in [1.165, 1.54) is 30.5 Å². The van der Waals surface area contributed by atoms with Crippen LogP contribution < -0.4 is 16.4 Å². The van der Waals surface area contributed by atoms with Gasteiger partial charge in [-0.25, -0.2) is 15.0 Å². The van der Waals surface area contributed by atoms with E-state index in [1.807, 2.05) is 37.3 Å². The molecule has 2 aromatic carbocycles. The maximum absolute atomic E-state index is 13.3. The van der Waals surface area contributed by atoms with E-state index in [4.69, 9.17) is 17.3 Å². The predicted octanol–water partition coefficient (Wildman–Crippen LogP) is 6.38. The van der Waals surface area contributed by atoms with Crippen molar-refractivity contribution in [3.8, 4) is 0 Å². The van der Waals surface area contributed by atoms with Crippen molar-refractivity contribution in [1.29, 1.82) is 0 Å². The van der Waals surface area contributed by atoms with Gasteiger partial charge < -0.3 is 16.4 Å². The van der Waals surface area contributed by atoms with Crippen molar-refractivity contribution in [1.82, 2.24) is 19.9 Å². The summed E-state index contributed by atoms with van der Waals surface area (Å²) in [5.74, 6) is 0.822. The van der Waals surface area contributed by atoms with Gasteiger partial charge >= 0.3 is 0 Å². The summed E-state index contributed by atoms with van der Waals surface area (Å²) < 4.78 is 0.704. The quantitative estimate of drug-likeness (QED) is 0.228. The third kappa shape index (κ3) is 4.64. The summed E-state index contributed by atoms with van der Waals surface area (Å²) >= 11 is 7.88. The average Bonchev–Trinajstić information content (AvgIpc) is 3.59. The van der Waals surface area contributed by atoms with E-state index < -0.39 is 0 Å². The van der Waals surface area contributed by atoms with Crippen LogP contribution in [0.2, 0.25) is 5.02 Å². The van der Waals surface area contributed by atoms with E-state index in [1.54, 1.807) is 11.6 Å². The molecule has 0 spiro atoms. The summed E-state index contributed by atoms with van der Waals surface area (Å²) in [6.07, 6.45) is 5.59. The molecule has 5 aromatic rings. The molecule has 1 aliphatic rings. The number of fused-ring (bicyclic) bond motifs is 2. The van der Waals surface area contributed by atoms with Crippen LogP contribution in [0, 0.1) is 6.92 Å². The van der Waals surface area contributed by atoms with Crippen LogP contribution in [0.1, 0.15) is 34.3 Å². The second-order valence-electron chi connectivity index (χ2n) is 9.47. The molecule has 0 radical (unpaired) electrons. The fourth-order valence-electron chi connectivity index (χ4n) is 4.93. The third-order valence-electron chi connectivity index (χ3n) is 6.92. The van der Waals surface area contributed by atoms with Crippen molar-refractivity contribution in [2.45, 2.75) is 26.3 Å². The van der Waals surface area contributed by atoms with Crippen molar-refractivity contribution in [2.75, 3.05) is 29.5 Å². The number of likely N-dealkylation sites (tertiary alicyclic amines) is 1. The highest BCUT2D eigenvalue weighted by Crippen LogP contribution is 2.34. The lowest BCUT2D eigenvalue weighted by atomic mass is 10.0. The first kappa shape index (κ1) is 24.5. The summed E-state index contributed by atoms with van der Waals surface area (Å²) in [5, 5.41) is 10.9. The highest BCUT2D eigenvalue weighted by molar-refractivity contribution is 7.18. The lowest BCUT2D eigenvalue weighted by Crippen LogP contribution is -2.18. The molecule has 3 aromatic heterocycles. The molecule has 0 bridgehead atoms. The van der Waals surface area contributed by atoms with Gasteiger partial charge in [-0.3, -0.25) is 9.69 Å². The van der Waals surface area contributed by atoms with Crippen LogP contribution in [0.3, 0.4) is 0 Å². The molecule has 4 N–H and O–H groups in total. The van der Waals surface area contributed by atoms with Crippen LogP contribution >= 0.6 is 22.9 Å². The first-order valence-electron chi connectivity index (χ1n) is 12.4. The maximum Gasteiger partial charge on any atom is 0.258 e. The zero-order valence-corrected chi connectivity index (χ0v) is 22.4. The van der Waals surface area contributed by atoms with Gasteiger partial charge in [0.15, 0.2) is 0 Å². The Kier molecular flexibility index (Phi) is 6.57. The summed E-state index contributed by atoms with van der Waals surface area (Å²) in [6.45, 7) is 5.02. The zero-order chi connectivity index (χ0) is 26.2. The maximum atomic E-state index is 13.3. The van der Waals surface area contributed by atoms with Crippen LogP contribution in [-0.2, 0) is 6.54 Å². The molecule has 1 saturated heterocycles. The van der Waals surface area contributed by atoms with E-state index in [9.17, 15) is 4.79 Å². The molecule has 8 nitrogen and oxygen atoms in total. The third-order valence-corrected chi connectivity index (χ3v) is 8.28. The SMILES string of the molecule is Cc1ccc2c(Nc3ccc(Cl)c(CN4CCCC4)c3)nccc2c1NC(=O)c1csc2c(N)ncnc12. The smallest absolute Gasteiger partial charge is 0.258 e. The molecule has 0 aliphatic carbocycles. The fraction of sp³-hybridized carbons (Fsp3) is 0.214. The molecule has 0 unspecified atom stereocenters. The van der Waals surface area contributed by atoms with E-state index in [-0.39, 0.29) is 5.91 Å². The molecule has 1 amide bonds. The predicted molar refractivity (Wildman–Crippen MR) is 156 cm³/mol.